The van der Waals surface area contributed by atoms with Crippen molar-refractivity contribution in [3.63, 3.8) is 0 Å². The molecule has 1 aliphatic heterocycles. The minimum absolute atomic E-state index is 0.0310. The van der Waals surface area contributed by atoms with Crippen LogP contribution in [0.25, 0.3) is 22.2 Å². The van der Waals surface area contributed by atoms with E-state index in [9.17, 15) is 8.42 Å². The number of benzene rings is 3. The molecule has 6 nitrogen and oxygen atoms in total. The Morgan fingerprint density at radius 1 is 0.939 bits per heavy atom. The first-order chi connectivity index (χ1) is 16.1. The largest absolute Gasteiger partial charge is 0.494 e. The van der Waals surface area contributed by atoms with Crippen LogP contribution in [-0.4, -0.2) is 33.1 Å². The molecule has 1 aliphatic rings. The van der Waals surface area contributed by atoms with Crippen molar-refractivity contribution in [3.05, 3.63) is 66.7 Å². The fraction of sp³-hybridized carbons (Fsp3) is 0.269. The summed E-state index contributed by atoms with van der Waals surface area (Å²) in [6.07, 6.45) is 3.11. The summed E-state index contributed by atoms with van der Waals surface area (Å²) in [6.45, 7) is 3.90. The van der Waals surface area contributed by atoms with Crippen molar-refractivity contribution >= 4 is 26.5 Å². The van der Waals surface area contributed by atoms with Gasteiger partial charge in [0.25, 0.3) is 0 Å². The van der Waals surface area contributed by atoms with Crippen LogP contribution in [0.15, 0.2) is 81.1 Å². The molecule has 5 rings (SSSR count). The zero-order valence-electron chi connectivity index (χ0n) is 18.5. The normalized spacial score (nSPS) is 14.5. The van der Waals surface area contributed by atoms with Gasteiger partial charge in [-0.25, -0.2) is 8.42 Å². The summed E-state index contributed by atoms with van der Waals surface area (Å²) in [6, 6.07) is 20.3. The number of anilines is 1. The van der Waals surface area contributed by atoms with Crippen molar-refractivity contribution in [2.75, 3.05) is 24.6 Å². The Bertz CT molecular complexity index is 1370. The van der Waals surface area contributed by atoms with Crippen molar-refractivity contribution in [2.24, 2.45) is 0 Å². The number of oxazole rings is 1. The average molecular weight is 463 g/mol. The highest BCUT2D eigenvalue weighted by molar-refractivity contribution is 7.91. The maximum absolute atomic E-state index is 13.7. The van der Waals surface area contributed by atoms with Gasteiger partial charge in [-0.15, -0.1) is 0 Å². The van der Waals surface area contributed by atoms with E-state index in [0.717, 1.165) is 48.7 Å². The lowest BCUT2D eigenvalue weighted by atomic mass is 10.0. The van der Waals surface area contributed by atoms with E-state index in [4.69, 9.17) is 9.15 Å². The topological polar surface area (TPSA) is 72.6 Å². The van der Waals surface area contributed by atoms with Gasteiger partial charge in [-0.3, -0.25) is 0 Å². The number of ether oxygens (including phenoxy) is 1. The van der Waals surface area contributed by atoms with Crippen LogP contribution >= 0.6 is 0 Å². The second-order valence-corrected chi connectivity index (χ2v) is 9.98. The molecule has 1 fully saturated rings. The van der Waals surface area contributed by atoms with Crippen molar-refractivity contribution in [2.45, 2.75) is 36.1 Å². The third kappa shape index (κ3) is 4.09. The lowest BCUT2D eigenvalue weighted by molar-refractivity contribution is 0.340. The fourth-order valence-corrected chi connectivity index (χ4v) is 5.61. The van der Waals surface area contributed by atoms with Crippen LogP contribution in [0.1, 0.15) is 26.2 Å². The predicted molar refractivity (Wildman–Crippen MR) is 129 cm³/mol. The molecule has 0 radical (unpaired) electrons. The third-order valence-corrected chi connectivity index (χ3v) is 7.61. The molecule has 1 aromatic heterocycles. The molecule has 0 saturated carbocycles. The Morgan fingerprint density at radius 2 is 1.67 bits per heavy atom. The van der Waals surface area contributed by atoms with Gasteiger partial charge >= 0.3 is 0 Å². The van der Waals surface area contributed by atoms with Gasteiger partial charge in [-0.1, -0.05) is 36.4 Å². The summed E-state index contributed by atoms with van der Waals surface area (Å²) in [4.78, 5) is 6.76. The molecule has 0 amide bonds. The van der Waals surface area contributed by atoms with Crippen molar-refractivity contribution in [3.8, 4) is 17.2 Å². The summed E-state index contributed by atoms with van der Waals surface area (Å²) in [5, 5.41) is 1.98. The number of piperidine rings is 1. The molecular weight excluding hydrogens is 436 g/mol. The van der Waals surface area contributed by atoms with Gasteiger partial charge in [0.05, 0.1) is 11.5 Å². The summed E-state index contributed by atoms with van der Waals surface area (Å²) in [5.74, 6) is 1.27. The van der Waals surface area contributed by atoms with Gasteiger partial charge in [0.2, 0.25) is 26.6 Å². The van der Waals surface area contributed by atoms with Crippen LogP contribution in [0.4, 0.5) is 5.88 Å². The second-order valence-electron chi connectivity index (χ2n) is 8.11. The zero-order valence-corrected chi connectivity index (χ0v) is 19.3. The van der Waals surface area contributed by atoms with Crippen LogP contribution in [0.2, 0.25) is 0 Å². The summed E-state index contributed by atoms with van der Waals surface area (Å²) in [7, 11) is -3.89. The lowest BCUT2D eigenvalue weighted by Crippen LogP contribution is -2.30. The SMILES string of the molecule is CCOc1ccc(S(=O)(=O)c2nc(-c3cccc4ccccc34)oc2N2CCCCC2)cc1. The van der Waals surface area contributed by atoms with E-state index in [-0.39, 0.29) is 9.92 Å². The van der Waals surface area contributed by atoms with Crippen LogP contribution in [0, 0.1) is 0 Å². The van der Waals surface area contributed by atoms with E-state index in [2.05, 4.69) is 4.98 Å². The maximum Gasteiger partial charge on any atom is 0.236 e. The van der Waals surface area contributed by atoms with Crippen molar-refractivity contribution in [1.82, 2.24) is 4.98 Å². The summed E-state index contributed by atoms with van der Waals surface area (Å²) < 4.78 is 39.1. The van der Waals surface area contributed by atoms with Crippen LogP contribution in [0.3, 0.4) is 0 Å². The highest BCUT2D eigenvalue weighted by Gasteiger charge is 2.32. The molecule has 0 spiro atoms. The molecule has 0 N–H and O–H groups in total. The molecule has 0 bridgehead atoms. The molecule has 0 unspecified atom stereocenters. The summed E-state index contributed by atoms with van der Waals surface area (Å²) >= 11 is 0. The minimum Gasteiger partial charge on any atom is -0.494 e. The van der Waals surface area contributed by atoms with Crippen LogP contribution < -0.4 is 9.64 Å². The first kappa shape index (κ1) is 21.5. The van der Waals surface area contributed by atoms with E-state index in [0.29, 0.717) is 24.1 Å². The van der Waals surface area contributed by atoms with Gasteiger partial charge in [0.15, 0.2) is 0 Å². The number of aromatic nitrogens is 1. The Morgan fingerprint density at radius 3 is 2.42 bits per heavy atom. The summed E-state index contributed by atoms with van der Waals surface area (Å²) in [5.41, 5.74) is 0.777. The number of fused-ring (bicyclic) bond motifs is 1. The van der Waals surface area contributed by atoms with E-state index >= 15 is 0 Å². The van der Waals surface area contributed by atoms with Gasteiger partial charge in [0, 0.05) is 18.7 Å². The monoisotopic (exact) mass is 462 g/mol. The van der Waals surface area contributed by atoms with Crippen molar-refractivity contribution in [1.29, 1.82) is 0 Å². The van der Waals surface area contributed by atoms with Gasteiger partial charge < -0.3 is 14.1 Å². The molecule has 4 aromatic rings. The number of sulfone groups is 1. The van der Waals surface area contributed by atoms with E-state index in [1.807, 2.05) is 54.3 Å². The maximum atomic E-state index is 13.7. The molecule has 1 saturated heterocycles. The zero-order chi connectivity index (χ0) is 22.8. The van der Waals surface area contributed by atoms with E-state index in [1.54, 1.807) is 24.3 Å². The molecule has 0 atom stereocenters. The average Bonchev–Trinajstić information content (AvgIpc) is 3.31. The molecule has 33 heavy (non-hydrogen) atoms. The molecule has 2 heterocycles. The van der Waals surface area contributed by atoms with Gasteiger partial charge in [-0.05, 0) is 67.3 Å². The highest BCUT2D eigenvalue weighted by Crippen LogP contribution is 2.38. The number of nitrogens with zero attached hydrogens (tertiary/aromatic N) is 2. The Labute approximate surface area is 193 Å². The quantitative estimate of drug-likeness (QED) is 0.365. The van der Waals surface area contributed by atoms with Gasteiger partial charge in [0.1, 0.15) is 5.75 Å². The molecule has 7 heteroatoms. The van der Waals surface area contributed by atoms with Crippen LogP contribution in [-0.2, 0) is 9.84 Å². The molecule has 0 aliphatic carbocycles. The second kappa shape index (κ2) is 8.90. The third-order valence-electron chi connectivity index (χ3n) is 5.94. The Kier molecular flexibility index (Phi) is 5.81. The first-order valence-electron chi connectivity index (χ1n) is 11.3. The number of rotatable bonds is 6. The molecule has 3 aromatic carbocycles. The highest BCUT2D eigenvalue weighted by atomic mass is 32.2. The first-order valence-corrected chi connectivity index (χ1v) is 12.8. The van der Waals surface area contributed by atoms with Crippen molar-refractivity contribution < 1.29 is 17.6 Å². The van der Waals surface area contributed by atoms with E-state index in [1.165, 1.54) is 0 Å². The number of hydrogen-bond donors (Lipinski definition) is 0. The van der Waals surface area contributed by atoms with Crippen LogP contribution in [0.5, 0.6) is 5.75 Å². The number of hydrogen-bond acceptors (Lipinski definition) is 6. The van der Waals surface area contributed by atoms with E-state index < -0.39 is 9.84 Å². The lowest BCUT2D eigenvalue weighted by Gasteiger charge is -2.26. The predicted octanol–water partition coefficient (Wildman–Crippen LogP) is 5.72. The Balaban J connectivity index is 1.65. The standard InChI is InChI=1S/C26H26N2O4S/c1-2-31-20-13-15-21(16-14-20)33(29,30)25-26(28-17-6-3-7-18-28)32-24(27-25)23-12-8-10-19-9-4-5-11-22(19)23/h4-5,8-16H,2-3,6-7,17-18H2,1H3. The Hall–Kier alpha value is -3.32. The molecular formula is C26H26N2O4S. The smallest absolute Gasteiger partial charge is 0.236 e. The molecule has 170 valence electrons. The fourth-order valence-electron chi connectivity index (χ4n) is 4.29. The van der Waals surface area contributed by atoms with Gasteiger partial charge in [-0.2, -0.15) is 4.98 Å². The minimum atomic E-state index is -3.89.